The second-order valence-electron chi connectivity index (χ2n) is 7.27. The Hall–Kier alpha value is -3.30. The summed E-state index contributed by atoms with van der Waals surface area (Å²) in [5, 5.41) is 4.91. The molecule has 0 atom stereocenters. The van der Waals surface area contributed by atoms with Gasteiger partial charge in [-0.15, -0.1) is 0 Å². The molecule has 1 aliphatic rings. The highest BCUT2D eigenvalue weighted by atomic mass is 16.5. The molecule has 0 unspecified atom stereocenters. The lowest BCUT2D eigenvalue weighted by molar-refractivity contribution is 0.0337. The van der Waals surface area contributed by atoms with E-state index in [2.05, 4.69) is 15.0 Å². The fourth-order valence-electron chi connectivity index (χ4n) is 3.77. The predicted octanol–water partition coefficient (Wildman–Crippen LogP) is 1.33. The molecule has 1 saturated heterocycles. The maximum Gasteiger partial charge on any atom is 0.352 e. The fraction of sp³-hybridized carbons (Fsp3) is 0.333. The van der Waals surface area contributed by atoms with Gasteiger partial charge < -0.3 is 9.47 Å². The highest BCUT2D eigenvalue weighted by Crippen LogP contribution is 2.19. The van der Waals surface area contributed by atoms with Crippen molar-refractivity contribution in [2.45, 2.75) is 13.1 Å². The van der Waals surface area contributed by atoms with Gasteiger partial charge in [-0.2, -0.15) is 9.61 Å². The lowest BCUT2D eigenvalue weighted by atomic mass is 10.2. The number of morpholine rings is 1. The zero-order chi connectivity index (χ0) is 20.5. The molecule has 1 aliphatic heterocycles. The van der Waals surface area contributed by atoms with Gasteiger partial charge in [-0.1, -0.05) is 12.1 Å². The number of hydrogen-bond acceptors (Lipinski definition) is 7. The van der Waals surface area contributed by atoms with Crippen molar-refractivity contribution < 1.29 is 9.47 Å². The topological polar surface area (TPSA) is 86.8 Å². The molecule has 3 aromatic heterocycles. The normalized spacial score (nSPS) is 15.1. The molecule has 30 heavy (non-hydrogen) atoms. The van der Waals surface area contributed by atoms with Crippen molar-refractivity contribution in [2.24, 2.45) is 0 Å². The van der Waals surface area contributed by atoms with Crippen LogP contribution >= 0.6 is 0 Å². The minimum Gasteiger partial charge on any atom is -0.497 e. The Labute approximate surface area is 172 Å². The summed E-state index contributed by atoms with van der Waals surface area (Å²) >= 11 is 0. The first kappa shape index (κ1) is 18.7. The van der Waals surface area contributed by atoms with Gasteiger partial charge in [0.05, 0.1) is 37.9 Å². The first-order chi connectivity index (χ1) is 14.7. The molecule has 4 aromatic rings. The van der Waals surface area contributed by atoms with Crippen molar-refractivity contribution in [1.29, 1.82) is 0 Å². The van der Waals surface area contributed by atoms with E-state index < -0.39 is 0 Å². The molecule has 9 nitrogen and oxygen atoms in total. The Morgan fingerprint density at radius 2 is 1.83 bits per heavy atom. The number of fused-ring (bicyclic) bond motifs is 3. The van der Waals surface area contributed by atoms with Crippen molar-refractivity contribution >= 4 is 16.7 Å². The predicted molar refractivity (Wildman–Crippen MR) is 111 cm³/mol. The number of methoxy groups -OCH3 is 1. The fourth-order valence-corrected chi connectivity index (χ4v) is 3.77. The van der Waals surface area contributed by atoms with Crippen molar-refractivity contribution in [3.05, 3.63) is 64.5 Å². The molecule has 0 aliphatic carbocycles. The Morgan fingerprint density at radius 1 is 1.03 bits per heavy atom. The molecule has 4 heterocycles. The Balaban J connectivity index is 1.60. The van der Waals surface area contributed by atoms with Crippen LogP contribution in [0.3, 0.4) is 0 Å². The van der Waals surface area contributed by atoms with Gasteiger partial charge in [-0.3, -0.25) is 9.47 Å². The second kappa shape index (κ2) is 7.85. The van der Waals surface area contributed by atoms with Crippen LogP contribution in [-0.2, 0) is 17.8 Å². The lowest BCUT2D eigenvalue weighted by Crippen LogP contribution is -2.36. The molecule has 0 amide bonds. The lowest BCUT2D eigenvalue weighted by Gasteiger charge is -2.26. The summed E-state index contributed by atoms with van der Waals surface area (Å²) in [5.74, 6) is 0.772. The average molecular weight is 406 g/mol. The first-order valence-electron chi connectivity index (χ1n) is 9.88. The van der Waals surface area contributed by atoms with E-state index in [1.54, 1.807) is 11.7 Å². The quantitative estimate of drug-likeness (QED) is 0.494. The van der Waals surface area contributed by atoms with Gasteiger partial charge in [-0.25, -0.2) is 14.8 Å². The van der Waals surface area contributed by atoms with Gasteiger partial charge in [-0.05, 0) is 29.8 Å². The van der Waals surface area contributed by atoms with E-state index in [0.717, 1.165) is 48.7 Å². The summed E-state index contributed by atoms with van der Waals surface area (Å²) in [6.07, 6.45) is 1.40. The molecule has 0 N–H and O–H groups in total. The SMILES string of the molecule is COc1ccc(Cn2c(=O)n3ncnc3c3ccc(CN4CCOCC4)nc32)cc1. The van der Waals surface area contributed by atoms with E-state index in [-0.39, 0.29) is 5.69 Å². The highest BCUT2D eigenvalue weighted by Gasteiger charge is 2.17. The molecular weight excluding hydrogens is 384 g/mol. The van der Waals surface area contributed by atoms with Gasteiger partial charge in [0.15, 0.2) is 5.65 Å². The number of ether oxygens (including phenoxy) is 2. The minimum atomic E-state index is -0.262. The van der Waals surface area contributed by atoms with Crippen LogP contribution in [0.4, 0.5) is 0 Å². The molecule has 9 heteroatoms. The molecule has 0 saturated carbocycles. The molecule has 0 spiro atoms. The first-order valence-corrected chi connectivity index (χ1v) is 9.88. The maximum absolute atomic E-state index is 13.2. The summed E-state index contributed by atoms with van der Waals surface area (Å²) in [6.45, 7) is 4.31. The third kappa shape index (κ3) is 3.42. The molecular formula is C21H22N6O3. The van der Waals surface area contributed by atoms with Crippen LogP contribution in [0.25, 0.3) is 16.7 Å². The van der Waals surface area contributed by atoms with Crippen molar-refractivity contribution in [3.63, 3.8) is 0 Å². The minimum absolute atomic E-state index is 0.262. The van der Waals surface area contributed by atoms with Crippen LogP contribution < -0.4 is 10.4 Å². The van der Waals surface area contributed by atoms with Crippen LogP contribution in [0.1, 0.15) is 11.3 Å². The van der Waals surface area contributed by atoms with E-state index in [9.17, 15) is 4.79 Å². The second-order valence-corrected chi connectivity index (χ2v) is 7.27. The van der Waals surface area contributed by atoms with Crippen LogP contribution in [0.2, 0.25) is 0 Å². The molecule has 0 radical (unpaired) electrons. The van der Waals surface area contributed by atoms with Gasteiger partial charge in [0.1, 0.15) is 17.7 Å². The van der Waals surface area contributed by atoms with Gasteiger partial charge in [0.25, 0.3) is 0 Å². The van der Waals surface area contributed by atoms with Crippen LogP contribution in [0.15, 0.2) is 47.5 Å². The van der Waals surface area contributed by atoms with Crippen molar-refractivity contribution in [1.82, 2.24) is 29.0 Å². The van der Waals surface area contributed by atoms with E-state index in [1.807, 2.05) is 36.4 Å². The summed E-state index contributed by atoms with van der Waals surface area (Å²) < 4.78 is 13.6. The Kier molecular flexibility index (Phi) is 4.89. The monoisotopic (exact) mass is 406 g/mol. The number of hydrogen-bond donors (Lipinski definition) is 0. The molecule has 0 bridgehead atoms. The van der Waals surface area contributed by atoms with E-state index in [1.165, 1.54) is 10.8 Å². The Morgan fingerprint density at radius 3 is 2.60 bits per heavy atom. The Bertz CT molecular complexity index is 1240. The molecule has 1 aromatic carbocycles. The third-order valence-electron chi connectivity index (χ3n) is 5.38. The molecule has 154 valence electrons. The van der Waals surface area contributed by atoms with Crippen LogP contribution in [-0.4, -0.2) is 62.5 Å². The van der Waals surface area contributed by atoms with E-state index in [0.29, 0.717) is 24.4 Å². The van der Waals surface area contributed by atoms with Crippen molar-refractivity contribution in [2.75, 3.05) is 33.4 Å². The summed E-state index contributed by atoms with van der Waals surface area (Å²) in [4.78, 5) is 24.6. The van der Waals surface area contributed by atoms with Crippen LogP contribution in [0, 0.1) is 0 Å². The zero-order valence-electron chi connectivity index (χ0n) is 16.7. The smallest absolute Gasteiger partial charge is 0.352 e. The van der Waals surface area contributed by atoms with Gasteiger partial charge in [0.2, 0.25) is 0 Å². The summed E-state index contributed by atoms with van der Waals surface area (Å²) in [7, 11) is 1.63. The number of nitrogens with zero attached hydrogens (tertiary/aromatic N) is 6. The van der Waals surface area contributed by atoms with Crippen LogP contribution in [0.5, 0.6) is 5.75 Å². The number of pyridine rings is 1. The number of aromatic nitrogens is 5. The van der Waals surface area contributed by atoms with Gasteiger partial charge >= 0.3 is 5.69 Å². The standard InChI is InChI=1S/C21H22N6O3/c1-29-17-5-2-15(3-6-17)12-26-20-18(19-22-14-23-27(19)21(26)28)7-4-16(24-20)13-25-8-10-30-11-9-25/h2-7,14H,8-13H2,1H3. The number of benzene rings is 1. The number of rotatable bonds is 5. The van der Waals surface area contributed by atoms with Gasteiger partial charge in [0, 0.05) is 19.6 Å². The van der Waals surface area contributed by atoms with Crippen molar-refractivity contribution in [3.8, 4) is 5.75 Å². The third-order valence-corrected chi connectivity index (χ3v) is 5.38. The molecule has 1 fully saturated rings. The summed E-state index contributed by atoms with van der Waals surface area (Å²) in [6, 6.07) is 11.6. The van der Waals surface area contributed by atoms with E-state index in [4.69, 9.17) is 14.5 Å². The zero-order valence-corrected chi connectivity index (χ0v) is 16.7. The average Bonchev–Trinajstić information content (AvgIpc) is 3.28. The maximum atomic E-state index is 13.2. The molecule has 5 rings (SSSR count). The highest BCUT2D eigenvalue weighted by molar-refractivity contribution is 5.88. The van der Waals surface area contributed by atoms with E-state index >= 15 is 0 Å². The largest absolute Gasteiger partial charge is 0.497 e. The summed E-state index contributed by atoms with van der Waals surface area (Å²) in [5.41, 5.74) is 2.76.